The van der Waals surface area contributed by atoms with Crippen molar-refractivity contribution in [1.29, 1.82) is 0 Å². The Morgan fingerprint density at radius 3 is 2.63 bits per heavy atom. The molecule has 2 aliphatic heterocycles. The van der Waals surface area contributed by atoms with Gasteiger partial charge in [0.1, 0.15) is 23.6 Å². The zero-order valence-electron chi connectivity index (χ0n) is 16.7. The zero-order chi connectivity index (χ0) is 20.8. The predicted molar refractivity (Wildman–Crippen MR) is 117 cm³/mol. The number of carbonyl (C=O) groups excluding carboxylic acids is 1. The van der Waals surface area contributed by atoms with E-state index in [-0.39, 0.29) is 11.5 Å². The summed E-state index contributed by atoms with van der Waals surface area (Å²) in [6.07, 6.45) is 0. The Morgan fingerprint density at radius 2 is 1.87 bits per heavy atom. The molecule has 0 N–H and O–H groups in total. The summed E-state index contributed by atoms with van der Waals surface area (Å²) in [5.74, 6) is 0.653. The van der Waals surface area contributed by atoms with Gasteiger partial charge in [0.15, 0.2) is 4.80 Å². The van der Waals surface area contributed by atoms with E-state index in [4.69, 9.17) is 4.74 Å². The lowest BCUT2D eigenvalue weighted by atomic mass is 10.1. The Balaban J connectivity index is 1.57. The maximum Gasteiger partial charge on any atom is 0.272 e. The van der Waals surface area contributed by atoms with E-state index in [1.807, 2.05) is 60.4 Å². The number of fused-ring (bicyclic) bond motifs is 2. The van der Waals surface area contributed by atoms with Crippen molar-refractivity contribution < 1.29 is 9.53 Å². The number of ether oxygens (including phenoxy) is 1. The summed E-state index contributed by atoms with van der Waals surface area (Å²) in [6, 6.07) is 15.3. The second-order valence-corrected chi connectivity index (χ2v) is 8.09. The van der Waals surface area contributed by atoms with Crippen LogP contribution in [-0.4, -0.2) is 30.8 Å². The number of amides is 1. The fourth-order valence-electron chi connectivity index (χ4n) is 3.83. The highest BCUT2D eigenvalue weighted by Gasteiger charge is 2.32. The second-order valence-electron chi connectivity index (χ2n) is 7.11. The van der Waals surface area contributed by atoms with Gasteiger partial charge < -0.3 is 14.5 Å². The molecule has 0 saturated heterocycles. The number of hydrogen-bond donors (Lipinski definition) is 0. The number of anilines is 2. The number of carbonyl (C=O) groups is 1. The third-order valence-corrected chi connectivity index (χ3v) is 6.46. The van der Waals surface area contributed by atoms with Crippen LogP contribution in [-0.2, 0) is 11.5 Å². The van der Waals surface area contributed by atoms with Gasteiger partial charge in [0.05, 0.1) is 17.9 Å². The Kier molecular flexibility index (Phi) is 4.43. The van der Waals surface area contributed by atoms with E-state index in [1.165, 1.54) is 11.3 Å². The number of nitrogens with zero attached hydrogens (tertiary/aromatic N) is 4. The molecule has 0 bridgehead atoms. The Bertz CT molecular complexity index is 1320. The Labute approximate surface area is 176 Å². The summed E-state index contributed by atoms with van der Waals surface area (Å²) >= 11 is 1.29. The molecule has 0 saturated carbocycles. The van der Waals surface area contributed by atoms with Gasteiger partial charge in [-0.1, -0.05) is 29.5 Å². The van der Waals surface area contributed by atoms with E-state index in [0.717, 1.165) is 22.7 Å². The number of aromatic nitrogens is 1. The number of para-hydroxylation sites is 1. The minimum absolute atomic E-state index is 0.157. The molecule has 3 aromatic rings. The summed E-state index contributed by atoms with van der Waals surface area (Å²) in [5, 5.41) is 0. The first-order valence-corrected chi connectivity index (χ1v) is 10.5. The van der Waals surface area contributed by atoms with Crippen molar-refractivity contribution in [3.63, 3.8) is 0 Å². The molecule has 152 valence electrons. The summed E-state index contributed by atoms with van der Waals surface area (Å²) in [5.41, 5.74) is 2.86. The fourth-order valence-corrected chi connectivity index (χ4v) is 4.89. The van der Waals surface area contributed by atoms with Crippen LogP contribution in [0.2, 0.25) is 0 Å². The molecule has 1 amide bonds. The number of likely N-dealkylation sites (N-methyl/N-ethyl adjacent to an activating group) is 1. The van der Waals surface area contributed by atoms with Gasteiger partial charge in [-0.2, -0.15) is 0 Å². The minimum Gasteiger partial charge on any atom is -0.494 e. The minimum atomic E-state index is -0.178. The topological polar surface area (TPSA) is 67.1 Å². The van der Waals surface area contributed by atoms with Crippen molar-refractivity contribution >= 4 is 34.2 Å². The molecule has 0 fully saturated rings. The van der Waals surface area contributed by atoms with Crippen LogP contribution >= 0.6 is 11.3 Å². The average molecular weight is 420 g/mol. The first-order chi connectivity index (χ1) is 14.6. The molecule has 0 atom stereocenters. The van der Waals surface area contributed by atoms with E-state index < -0.39 is 0 Å². The quantitative estimate of drug-likeness (QED) is 0.645. The van der Waals surface area contributed by atoms with Crippen LogP contribution < -0.4 is 29.4 Å². The number of hydrogen-bond acceptors (Lipinski definition) is 6. The van der Waals surface area contributed by atoms with Gasteiger partial charge in [0, 0.05) is 18.3 Å². The lowest BCUT2D eigenvalue weighted by Crippen LogP contribution is -2.43. The summed E-state index contributed by atoms with van der Waals surface area (Å²) < 4.78 is 7.59. The van der Waals surface area contributed by atoms with Crippen molar-refractivity contribution in [1.82, 2.24) is 4.57 Å². The molecule has 0 unspecified atom stereocenters. The molecule has 1 aromatic heterocycles. The van der Waals surface area contributed by atoms with Crippen LogP contribution in [0.3, 0.4) is 0 Å². The van der Waals surface area contributed by atoms with Gasteiger partial charge in [0.25, 0.3) is 11.5 Å². The Morgan fingerprint density at radius 1 is 1.10 bits per heavy atom. The molecule has 8 heteroatoms. The first-order valence-electron chi connectivity index (χ1n) is 9.72. The third kappa shape index (κ3) is 2.83. The molecule has 0 radical (unpaired) electrons. The number of rotatable bonds is 3. The first kappa shape index (κ1) is 18.6. The number of benzene rings is 2. The highest BCUT2D eigenvalue weighted by atomic mass is 32.1. The van der Waals surface area contributed by atoms with Crippen LogP contribution in [0, 0.1) is 0 Å². The summed E-state index contributed by atoms with van der Waals surface area (Å²) in [4.78, 5) is 35.0. The van der Waals surface area contributed by atoms with E-state index in [9.17, 15) is 9.59 Å². The van der Waals surface area contributed by atoms with E-state index in [1.54, 1.807) is 16.5 Å². The van der Waals surface area contributed by atoms with Crippen LogP contribution in [0.15, 0.2) is 58.3 Å². The molecule has 2 aliphatic rings. The smallest absolute Gasteiger partial charge is 0.272 e. The van der Waals surface area contributed by atoms with Crippen molar-refractivity contribution in [3.05, 3.63) is 73.8 Å². The summed E-state index contributed by atoms with van der Waals surface area (Å²) in [6.45, 7) is 3.40. The van der Waals surface area contributed by atoms with E-state index in [0.29, 0.717) is 34.9 Å². The van der Waals surface area contributed by atoms with Crippen LogP contribution in [0.1, 0.15) is 12.5 Å². The highest BCUT2D eigenvalue weighted by molar-refractivity contribution is 7.07. The van der Waals surface area contributed by atoms with Crippen molar-refractivity contribution in [2.75, 3.05) is 30.1 Å². The molecule has 0 spiro atoms. The highest BCUT2D eigenvalue weighted by Crippen LogP contribution is 2.33. The van der Waals surface area contributed by atoms with Crippen molar-refractivity contribution in [2.24, 2.45) is 4.99 Å². The van der Waals surface area contributed by atoms with Gasteiger partial charge >= 0.3 is 0 Å². The summed E-state index contributed by atoms with van der Waals surface area (Å²) in [7, 11) is 1.73. The van der Waals surface area contributed by atoms with Gasteiger partial charge in [-0.25, -0.2) is 4.99 Å². The van der Waals surface area contributed by atoms with Crippen molar-refractivity contribution in [2.45, 2.75) is 13.6 Å². The van der Waals surface area contributed by atoms with Crippen LogP contribution in [0.4, 0.5) is 11.4 Å². The van der Waals surface area contributed by atoms with Gasteiger partial charge in [-0.3, -0.25) is 14.2 Å². The second kappa shape index (κ2) is 7.14. The predicted octanol–water partition coefficient (Wildman–Crippen LogP) is 1.54. The zero-order valence-corrected chi connectivity index (χ0v) is 17.5. The van der Waals surface area contributed by atoms with Crippen LogP contribution in [0.5, 0.6) is 5.75 Å². The SMILES string of the molecule is CCOc1ccc(N2CN=c3sc(=C4C(=O)N(C)c5ccccc54)c(=O)n3C2)cc1. The van der Waals surface area contributed by atoms with Gasteiger partial charge in [-0.15, -0.1) is 0 Å². The number of thiazole rings is 1. The molecule has 3 heterocycles. The van der Waals surface area contributed by atoms with Crippen molar-refractivity contribution in [3.8, 4) is 5.75 Å². The molecule has 5 rings (SSSR count). The van der Waals surface area contributed by atoms with Gasteiger partial charge in [-0.05, 0) is 37.3 Å². The van der Waals surface area contributed by atoms with Gasteiger partial charge in [0.2, 0.25) is 0 Å². The molecule has 0 aliphatic carbocycles. The molecule has 30 heavy (non-hydrogen) atoms. The van der Waals surface area contributed by atoms with Crippen LogP contribution in [0.25, 0.3) is 5.57 Å². The fraction of sp³-hybridized carbons (Fsp3) is 0.227. The third-order valence-electron chi connectivity index (χ3n) is 5.35. The molecule has 7 nitrogen and oxygen atoms in total. The van der Waals surface area contributed by atoms with E-state index >= 15 is 0 Å². The normalized spacial score (nSPS) is 16.9. The Hall–Kier alpha value is -3.39. The standard InChI is InChI=1S/C22H20N4O3S/c1-3-29-15-10-8-14(9-11-15)25-12-23-22-26(13-25)21(28)19(30-22)18-16-6-4-5-7-17(16)24(2)20(18)27/h4-11H,3,12-13H2,1-2H3. The molecular weight excluding hydrogens is 400 g/mol. The maximum absolute atomic E-state index is 13.3. The average Bonchev–Trinajstić information content (AvgIpc) is 3.22. The monoisotopic (exact) mass is 420 g/mol. The lowest BCUT2D eigenvalue weighted by Gasteiger charge is -2.25. The largest absolute Gasteiger partial charge is 0.494 e. The molecule has 2 aromatic carbocycles. The maximum atomic E-state index is 13.3. The lowest BCUT2D eigenvalue weighted by molar-refractivity contribution is -0.112. The molecular formula is C22H20N4O3S. The van der Waals surface area contributed by atoms with E-state index in [2.05, 4.69) is 4.99 Å².